The number of nitrogens with zero attached hydrogens (tertiary/aromatic N) is 3. The summed E-state index contributed by atoms with van der Waals surface area (Å²) in [6, 6.07) is 4.20. The number of rotatable bonds is 20. The van der Waals surface area contributed by atoms with Gasteiger partial charge in [0.25, 0.3) is 0 Å². The highest BCUT2D eigenvalue weighted by molar-refractivity contribution is 5.66. The molecule has 0 saturated carbocycles. The molecule has 4 nitrogen and oxygen atoms in total. The van der Waals surface area contributed by atoms with Gasteiger partial charge in [0.2, 0.25) is 0 Å². The minimum atomic E-state index is 0.709. The molecule has 1 heterocycles. The topological polar surface area (TPSA) is 31.4 Å². The first-order valence-electron chi connectivity index (χ1n) is 16.3. The summed E-state index contributed by atoms with van der Waals surface area (Å²) < 4.78 is 0. The zero-order valence-electron chi connectivity index (χ0n) is 28.8. The van der Waals surface area contributed by atoms with E-state index in [9.17, 15) is 0 Å². The summed E-state index contributed by atoms with van der Waals surface area (Å²) in [7, 11) is 2.10. The van der Waals surface area contributed by atoms with Crippen molar-refractivity contribution in [3.63, 3.8) is 0 Å². The maximum absolute atomic E-state index is 4.73. The van der Waals surface area contributed by atoms with Gasteiger partial charge in [0.15, 0.2) is 0 Å². The van der Waals surface area contributed by atoms with E-state index in [-0.39, 0.29) is 0 Å². The van der Waals surface area contributed by atoms with Crippen molar-refractivity contribution in [3.8, 4) is 0 Å². The van der Waals surface area contributed by atoms with Crippen LogP contribution in [0.25, 0.3) is 5.70 Å². The van der Waals surface area contributed by atoms with Crippen LogP contribution >= 0.6 is 0 Å². The molecule has 1 aromatic rings. The SMILES string of the molecule is C=CC(=C\CCC)/C(=C\C(=C/C)C(=C\C)\N(C)/C=C/CC)/C=C(\C)NC(=C)c1ccnc(N(CCC)CCC(C)CC)c1. The number of pyridine rings is 1. The molecule has 1 N–H and O–H groups in total. The highest BCUT2D eigenvalue weighted by Crippen LogP contribution is 2.25. The van der Waals surface area contributed by atoms with Crippen molar-refractivity contribution in [2.45, 2.75) is 93.9 Å². The Hall–Kier alpha value is -3.53. The first-order chi connectivity index (χ1) is 20.7. The van der Waals surface area contributed by atoms with E-state index in [0.29, 0.717) is 5.92 Å². The van der Waals surface area contributed by atoms with Crippen LogP contribution in [0.5, 0.6) is 0 Å². The van der Waals surface area contributed by atoms with Crippen LogP contribution in [0, 0.1) is 5.92 Å². The smallest absolute Gasteiger partial charge is 0.129 e. The molecule has 1 rings (SSSR count). The fraction of sp³-hybridized carbons (Fsp3) is 0.462. The van der Waals surface area contributed by atoms with E-state index in [1.807, 2.05) is 18.3 Å². The monoisotopic (exact) mass is 584 g/mol. The second kappa shape index (κ2) is 21.2. The molecule has 0 aliphatic carbocycles. The number of likely N-dealkylation sites (N-methyl/N-ethyl adjacent to an activating group) is 1. The second-order valence-electron chi connectivity index (χ2n) is 11.2. The van der Waals surface area contributed by atoms with Crippen LogP contribution in [0.4, 0.5) is 5.82 Å². The lowest BCUT2D eigenvalue weighted by molar-refractivity contribution is 0.509. The predicted molar refractivity (Wildman–Crippen MR) is 193 cm³/mol. The molecule has 0 fully saturated rings. The van der Waals surface area contributed by atoms with Crippen LogP contribution in [-0.4, -0.2) is 30.0 Å². The number of aromatic nitrogens is 1. The molecule has 0 aromatic carbocycles. The number of hydrogen-bond acceptors (Lipinski definition) is 4. The molecule has 0 aliphatic rings. The number of anilines is 1. The third kappa shape index (κ3) is 13.1. The van der Waals surface area contributed by atoms with Crippen molar-refractivity contribution in [1.82, 2.24) is 15.2 Å². The standard InChI is InChI=1S/C39H60N4/c1-12-19-21-34(16-5)37(29-35(17-6)38(18-7)42(11)26-20-13-2)28-32(9)41-33(10)36-22-24-40-39(30-36)43(25-14-3)27-23-31(8)15-4/h16-18,20-22,24,26,28-31,41H,5,10,12-15,19,23,25,27H2,1-4,6-9,11H3/b26-20+,32-28+,34-21+,35-17+,37-29-,38-18-. The molecule has 1 aromatic heterocycles. The van der Waals surface area contributed by atoms with Crippen LogP contribution in [-0.2, 0) is 0 Å². The molecule has 1 atom stereocenters. The molecule has 0 bridgehead atoms. The van der Waals surface area contributed by atoms with Gasteiger partial charge < -0.3 is 15.1 Å². The summed E-state index contributed by atoms with van der Waals surface area (Å²) in [5.74, 6) is 1.73. The van der Waals surface area contributed by atoms with Crippen LogP contribution in [0.1, 0.15) is 99.5 Å². The van der Waals surface area contributed by atoms with Crippen LogP contribution in [0.2, 0.25) is 0 Å². The number of allylic oxidation sites excluding steroid dienone is 10. The Bertz CT molecular complexity index is 1190. The minimum absolute atomic E-state index is 0.709. The highest BCUT2D eigenvalue weighted by Gasteiger charge is 2.12. The van der Waals surface area contributed by atoms with E-state index in [1.54, 1.807) is 0 Å². The molecule has 43 heavy (non-hydrogen) atoms. The summed E-state index contributed by atoms with van der Waals surface area (Å²) in [4.78, 5) is 9.32. The Morgan fingerprint density at radius 3 is 2.35 bits per heavy atom. The third-order valence-electron chi connectivity index (χ3n) is 7.56. The number of nitrogens with one attached hydrogen (secondary N) is 1. The molecule has 0 radical (unpaired) electrons. The minimum Gasteiger partial charge on any atom is -0.359 e. The molecular weight excluding hydrogens is 524 g/mol. The molecule has 236 valence electrons. The van der Waals surface area contributed by atoms with Crippen molar-refractivity contribution in [2.75, 3.05) is 25.0 Å². The quantitative estimate of drug-likeness (QED) is 0.154. The molecule has 0 spiro atoms. The summed E-state index contributed by atoms with van der Waals surface area (Å²) in [5, 5.41) is 3.57. The van der Waals surface area contributed by atoms with Gasteiger partial charge in [0.05, 0.1) is 0 Å². The second-order valence-corrected chi connectivity index (χ2v) is 11.2. The molecule has 0 saturated heterocycles. The maximum Gasteiger partial charge on any atom is 0.129 e. The lowest BCUT2D eigenvalue weighted by atomic mass is 9.98. The van der Waals surface area contributed by atoms with Gasteiger partial charge in [0.1, 0.15) is 5.82 Å². The van der Waals surface area contributed by atoms with Crippen LogP contribution < -0.4 is 10.2 Å². The molecule has 4 heteroatoms. The van der Waals surface area contributed by atoms with Gasteiger partial charge in [-0.3, -0.25) is 0 Å². The van der Waals surface area contributed by atoms with E-state index >= 15 is 0 Å². The first kappa shape index (κ1) is 37.5. The van der Waals surface area contributed by atoms with Gasteiger partial charge >= 0.3 is 0 Å². The van der Waals surface area contributed by atoms with Crippen LogP contribution in [0.15, 0.2) is 108 Å². The fourth-order valence-electron chi connectivity index (χ4n) is 4.77. The van der Waals surface area contributed by atoms with Gasteiger partial charge in [-0.2, -0.15) is 0 Å². The van der Waals surface area contributed by atoms with Crippen molar-refractivity contribution in [2.24, 2.45) is 5.92 Å². The number of hydrogen-bond donors (Lipinski definition) is 1. The summed E-state index contributed by atoms with van der Waals surface area (Å²) in [6.07, 6.45) is 25.8. The van der Waals surface area contributed by atoms with Crippen molar-refractivity contribution in [3.05, 3.63) is 114 Å². The van der Waals surface area contributed by atoms with E-state index in [4.69, 9.17) is 4.98 Å². The molecule has 0 aliphatic heterocycles. The van der Waals surface area contributed by atoms with Crippen LogP contribution in [0.3, 0.4) is 0 Å². The van der Waals surface area contributed by atoms with Gasteiger partial charge in [-0.25, -0.2) is 4.98 Å². The highest BCUT2D eigenvalue weighted by atomic mass is 15.2. The van der Waals surface area contributed by atoms with Crippen molar-refractivity contribution in [1.29, 1.82) is 0 Å². The van der Waals surface area contributed by atoms with Gasteiger partial charge in [-0.05, 0) is 99.6 Å². The van der Waals surface area contributed by atoms with Crippen molar-refractivity contribution >= 4 is 11.5 Å². The van der Waals surface area contributed by atoms with Crippen molar-refractivity contribution < 1.29 is 0 Å². The average molecular weight is 585 g/mol. The van der Waals surface area contributed by atoms with E-state index in [0.717, 1.165) is 84.0 Å². The van der Waals surface area contributed by atoms with Gasteiger partial charge in [-0.15, -0.1) is 0 Å². The largest absolute Gasteiger partial charge is 0.359 e. The Balaban J connectivity index is 3.41. The number of unbranched alkanes of at least 4 members (excludes halogenated alkanes) is 1. The molecule has 1 unspecified atom stereocenters. The van der Waals surface area contributed by atoms with Gasteiger partial charge in [-0.1, -0.05) is 91.0 Å². The Morgan fingerprint density at radius 1 is 1.02 bits per heavy atom. The molecule has 0 amide bonds. The Morgan fingerprint density at radius 2 is 1.77 bits per heavy atom. The maximum atomic E-state index is 4.73. The summed E-state index contributed by atoms with van der Waals surface area (Å²) in [5.41, 5.74) is 7.46. The first-order valence-corrected chi connectivity index (χ1v) is 16.3. The zero-order valence-corrected chi connectivity index (χ0v) is 28.8. The zero-order chi connectivity index (χ0) is 32.2. The Kier molecular flexibility index (Phi) is 18.5. The van der Waals surface area contributed by atoms with E-state index in [2.05, 4.69) is 139 Å². The average Bonchev–Trinajstić information content (AvgIpc) is 3.01. The van der Waals surface area contributed by atoms with E-state index < -0.39 is 0 Å². The summed E-state index contributed by atoms with van der Waals surface area (Å²) in [6.45, 7) is 28.0. The fourth-order valence-corrected chi connectivity index (χ4v) is 4.77. The Labute approximate surface area is 265 Å². The summed E-state index contributed by atoms with van der Waals surface area (Å²) >= 11 is 0. The lowest BCUT2D eigenvalue weighted by Gasteiger charge is -2.25. The van der Waals surface area contributed by atoms with Gasteiger partial charge in [0, 0.05) is 49.0 Å². The third-order valence-corrected chi connectivity index (χ3v) is 7.56. The lowest BCUT2D eigenvalue weighted by Crippen LogP contribution is -2.27. The van der Waals surface area contributed by atoms with E-state index in [1.165, 1.54) is 12.8 Å². The molecular formula is C39H60N4. The normalized spacial score (nSPS) is 14.2. The predicted octanol–water partition coefficient (Wildman–Crippen LogP) is 10.7.